The topological polar surface area (TPSA) is 47.3 Å². The van der Waals surface area contributed by atoms with E-state index < -0.39 is 7.14 Å². The van der Waals surface area contributed by atoms with Gasteiger partial charge in [-0.05, 0) is 35.4 Å². The Bertz CT molecular complexity index is 2280. The molecule has 0 unspecified atom stereocenters. The van der Waals surface area contributed by atoms with Crippen LogP contribution < -0.4 is 15.9 Å². The molecule has 0 spiro atoms. The summed E-state index contributed by atoms with van der Waals surface area (Å²) < 4.78 is 17.1. The average molecular weight is 572 g/mol. The van der Waals surface area contributed by atoms with Gasteiger partial charge in [-0.2, -0.15) is 0 Å². The van der Waals surface area contributed by atoms with E-state index in [1.165, 1.54) is 0 Å². The summed E-state index contributed by atoms with van der Waals surface area (Å²) in [7, 11) is -3.09. The van der Waals surface area contributed by atoms with Crippen LogP contribution in [0.15, 0.2) is 158 Å². The maximum absolute atomic E-state index is 15.0. The van der Waals surface area contributed by atoms with Gasteiger partial charge in [-0.1, -0.05) is 127 Å². The molecule has 0 saturated heterocycles. The molecule has 204 valence electrons. The Morgan fingerprint density at radius 2 is 1.07 bits per heavy atom. The van der Waals surface area contributed by atoms with Crippen LogP contribution in [0, 0.1) is 0 Å². The van der Waals surface area contributed by atoms with Crippen molar-refractivity contribution in [2.45, 2.75) is 0 Å². The monoisotopic (exact) mass is 571 g/mol. The molecular formula is C38H26N3OP. The standard InChI is InChI=1S/C38H26N3OP/c42-43(30-16-3-1-4-17-30,31-18-5-2-6-19-31)32-20-12-14-28(26-32)27-13-11-15-29(25-27)36-33-21-7-8-22-34(33)37-38(40-36)41-24-10-9-23-35(41)39-37/h1-26H. The Labute approximate surface area is 249 Å². The van der Waals surface area contributed by atoms with Crippen molar-refractivity contribution in [3.05, 3.63) is 158 Å². The molecule has 0 atom stereocenters. The van der Waals surface area contributed by atoms with Gasteiger partial charge in [0.05, 0.1) is 5.69 Å². The molecule has 0 saturated carbocycles. The molecular weight excluding hydrogens is 545 g/mol. The lowest BCUT2D eigenvalue weighted by atomic mass is 9.98. The summed E-state index contributed by atoms with van der Waals surface area (Å²) in [4.78, 5) is 10.1. The normalized spacial score (nSPS) is 11.8. The van der Waals surface area contributed by atoms with Crippen LogP contribution in [0.5, 0.6) is 0 Å². The van der Waals surface area contributed by atoms with Gasteiger partial charge < -0.3 is 4.57 Å². The van der Waals surface area contributed by atoms with Crippen LogP contribution in [-0.4, -0.2) is 14.4 Å². The first-order chi connectivity index (χ1) is 21.2. The second-order valence-electron chi connectivity index (χ2n) is 10.6. The van der Waals surface area contributed by atoms with E-state index in [4.69, 9.17) is 9.97 Å². The first-order valence-corrected chi connectivity index (χ1v) is 16.0. The molecule has 0 fully saturated rings. The summed E-state index contributed by atoms with van der Waals surface area (Å²) in [6.45, 7) is 0. The number of hydrogen-bond donors (Lipinski definition) is 0. The highest BCUT2D eigenvalue weighted by Crippen LogP contribution is 2.43. The zero-order valence-corrected chi connectivity index (χ0v) is 24.1. The molecule has 0 amide bonds. The Morgan fingerprint density at radius 1 is 0.488 bits per heavy atom. The molecule has 0 radical (unpaired) electrons. The molecule has 0 aliphatic heterocycles. The minimum Gasteiger partial charge on any atom is -0.309 e. The number of fused-ring (bicyclic) bond motifs is 5. The van der Waals surface area contributed by atoms with Gasteiger partial charge in [-0.3, -0.25) is 4.40 Å². The van der Waals surface area contributed by atoms with Crippen LogP contribution in [-0.2, 0) is 4.57 Å². The minimum atomic E-state index is -3.09. The van der Waals surface area contributed by atoms with Gasteiger partial charge in [-0.15, -0.1) is 0 Å². The van der Waals surface area contributed by atoms with Crippen LogP contribution in [0.4, 0.5) is 0 Å². The van der Waals surface area contributed by atoms with Crippen molar-refractivity contribution in [3.63, 3.8) is 0 Å². The molecule has 8 aromatic rings. The zero-order chi connectivity index (χ0) is 28.8. The van der Waals surface area contributed by atoms with Crippen molar-refractivity contribution >= 4 is 50.6 Å². The van der Waals surface area contributed by atoms with E-state index in [1.807, 2.05) is 108 Å². The summed E-state index contributed by atoms with van der Waals surface area (Å²) in [5, 5.41) is 4.59. The van der Waals surface area contributed by atoms with Gasteiger partial charge in [-0.25, -0.2) is 9.97 Å². The number of hydrogen-bond acceptors (Lipinski definition) is 3. The van der Waals surface area contributed by atoms with Crippen molar-refractivity contribution in [1.82, 2.24) is 14.4 Å². The van der Waals surface area contributed by atoms with Crippen molar-refractivity contribution < 1.29 is 4.57 Å². The highest BCUT2D eigenvalue weighted by molar-refractivity contribution is 7.85. The average Bonchev–Trinajstić information content (AvgIpc) is 3.47. The Morgan fingerprint density at radius 3 is 1.81 bits per heavy atom. The van der Waals surface area contributed by atoms with Gasteiger partial charge in [0.2, 0.25) is 0 Å². The third kappa shape index (κ3) is 4.19. The number of rotatable bonds is 5. The summed E-state index contributed by atoms with van der Waals surface area (Å²) in [6.07, 6.45) is 2.01. The van der Waals surface area contributed by atoms with Crippen molar-refractivity contribution in [2.75, 3.05) is 0 Å². The van der Waals surface area contributed by atoms with Crippen LogP contribution in [0.3, 0.4) is 0 Å². The van der Waals surface area contributed by atoms with E-state index >= 15 is 4.57 Å². The van der Waals surface area contributed by atoms with Gasteiger partial charge in [0.15, 0.2) is 12.8 Å². The zero-order valence-electron chi connectivity index (χ0n) is 23.2. The quantitative estimate of drug-likeness (QED) is 0.197. The van der Waals surface area contributed by atoms with Crippen molar-refractivity contribution in [1.29, 1.82) is 0 Å². The van der Waals surface area contributed by atoms with E-state index in [0.717, 1.165) is 65.9 Å². The number of aromatic nitrogens is 3. The molecule has 0 aliphatic rings. The van der Waals surface area contributed by atoms with E-state index in [-0.39, 0.29) is 0 Å². The summed E-state index contributed by atoms with van der Waals surface area (Å²) >= 11 is 0. The smallest absolute Gasteiger partial charge is 0.171 e. The molecule has 4 nitrogen and oxygen atoms in total. The van der Waals surface area contributed by atoms with E-state index in [1.54, 1.807) is 0 Å². The summed E-state index contributed by atoms with van der Waals surface area (Å²) in [5.74, 6) is 0. The first kappa shape index (κ1) is 25.4. The number of benzene rings is 5. The van der Waals surface area contributed by atoms with Crippen molar-refractivity contribution in [3.8, 4) is 22.4 Å². The number of nitrogens with zero attached hydrogens (tertiary/aromatic N) is 3. The van der Waals surface area contributed by atoms with Crippen molar-refractivity contribution in [2.24, 2.45) is 0 Å². The predicted molar refractivity (Wildman–Crippen MR) is 178 cm³/mol. The lowest BCUT2D eigenvalue weighted by Gasteiger charge is -2.20. The maximum atomic E-state index is 15.0. The second-order valence-corrected chi connectivity index (χ2v) is 13.4. The molecule has 5 heteroatoms. The lowest BCUT2D eigenvalue weighted by Crippen LogP contribution is -2.25. The summed E-state index contributed by atoms with van der Waals surface area (Å²) in [6, 6.07) is 50.6. The first-order valence-electron chi connectivity index (χ1n) is 14.3. The Balaban J connectivity index is 1.30. The van der Waals surface area contributed by atoms with Crippen LogP contribution >= 0.6 is 7.14 Å². The van der Waals surface area contributed by atoms with E-state index in [9.17, 15) is 0 Å². The highest BCUT2D eigenvalue weighted by Gasteiger charge is 2.29. The SMILES string of the molecule is O=P(c1ccccc1)(c1ccccc1)c1cccc(-c2cccc(-c3nc4c(nc5ccccn54)c4ccccc34)c2)c1. The molecule has 43 heavy (non-hydrogen) atoms. The second kappa shape index (κ2) is 10.2. The molecule has 0 N–H and O–H groups in total. The third-order valence-corrected chi connectivity index (χ3v) is 11.1. The maximum Gasteiger partial charge on any atom is 0.171 e. The fourth-order valence-corrected chi connectivity index (χ4v) is 8.70. The van der Waals surface area contributed by atoms with Gasteiger partial charge >= 0.3 is 0 Å². The number of pyridine rings is 2. The summed E-state index contributed by atoms with van der Waals surface area (Å²) in [5.41, 5.74) is 6.57. The molecule has 0 bridgehead atoms. The highest BCUT2D eigenvalue weighted by atomic mass is 31.2. The predicted octanol–water partition coefficient (Wildman–Crippen LogP) is 8.01. The third-order valence-electron chi connectivity index (χ3n) is 8.08. The fourth-order valence-electron chi connectivity index (χ4n) is 6.00. The molecule has 3 aromatic heterocycles. The Kier molecular flexibility index (Phi) is 6.03. The van der Waals surface area contributed by atoms with Gasteiger partial charge in [0.25, 0.3) is 0 Å². The molecule has 5 aromatic carbocycles. The fraction of sp³-hybridized carbons (Fsp3) is 0. The largest absolute Gasteiger partial charge is 0.309 e. The Hall–Kier alpha value is -5.31. The van der Waals surface area contributed by atoms with Gasteiger partial charge in [0.1, 0.15) is 11.2 Å². The lowest BCUT2D eigenvalue weighted by molar-refractivity contribution is 0.592. The van der Waals surface area contributed by atoms with Crippen LogP contribution in [0.1, 0.15) is 0 Å². The molecule has 0 aliphatic carbocycles. The van der Waals surface area contributed by atoms with E-state index in [2.05, 4.69) is 54.6 Å². The van der Waals surface area contributed by atoms with Crippen LogP contribution in [0.2, 0.25) is 0 Å². The molecule has 8 rings (SSSR count). The van der Waals surface area contributed by atoms with E-state index in [0.29, 0.717) is 0 Å². The minimum absolute atomic E-state index is 0.809. The molecule has 3 heterocycles. The number of imidazole rings is 1. The van der Waals surface area contributed by atoms with Gasteiger partial charge in [0, 0.05) is 38.4 Å². The van der Waals surface area contributed by atoms with Crippen LogP contribution in [0.25, 0.3) is 50.0 Å².